The van der Waals surface area contributed by atoms with E-state index in [9.17, 15) is 10.1 Å². The van der Waals surface area contributed by atoms with Crippen LogP contribution in [0.3, 0.4) is 0 Å². The zero-order valence-corrected chi connectivity index (χ0v) is 13.0. The first kappa shape index (κ1) is 15.0. The first-order valence-corrected chi connectivity index (χ1v) is 7.13. The third-order valence-electron chi connectivity index (χ3n) is 5.60. The predicted octanol–water partition coefficient (Wildman–Crippen LogP) is 3.68. The van der Waals surface area contributed by atoms with Gasteiger partial charge in [-0.25, -0.2) is 0 Å². The molecule has 0 radical (unpaired) electrons. The lowest BCUT2D eigenvalue weighted by atomic mass is 10.0. The summed E-state index contributed by atoms with van der Waals surface area (Å²) >= 11 is 0. The third kappa shape index (κ3) is 2.33. The summed E-state index contributed by atoms with van der Waals surface area (Å²) in [7, 11) is 0. The van der Waals surface area contributed by atoms with Crippen LogP contribution in [0.25, 0.3) is 0 Å². The molecule has 1 aliphatic carbocycles. The van der Waals surface area contributed by atoms with E-state index >= 15 is 0 Å². The van der Waals surface area contributed by atoms with Crippen LogP contribution in [-0.2, 0) is 6.54 Å². The van der Waals surface area contributed by atoms with Gasteiger partial charge >= 0.3 is 0 Å². The second-order valence-electron chi connectivity index (χ2n) is 6.95. The number of nitrogens with zero attached hydrogens (tertiary/aromatic N) is 1. The van der Waals surface area contributed by atoms with Crippen LogP contribution < -0.4 is 5.32 Å². The van der Waals surface area contributed by atoms with Gasteiger partial charge in [0.05, 0.1) is 4.92 Å². The molecule has 0 unspecified atom stereocenters. The maximum atomic E-state index is 10.9. The molecule has 1 aromatic rings. The van der Waals surface area contributed by atoms with E-state index in [0.717, 1.165) is 17.7 Å². The van der Waals surface area contributed by atoms with Gasteiger partial charge in [-0.1, -0.05) is 39.8 Å². The van der Waals surface area contributed by atoms with Gasteiger partial charge in [0.15, 0.2) is 0 Å². The Morgan fingerprint density at radius 1 is 1.25 bits per heavy atom. The minimum atomic E-state index is -0.314. The molecule has 4 heteroatoms. The first-order chi connectivity index (χ1) is 9.19. The van der Waals surface area contributed by atoms with Crippen LogP contribution in [0.15, 0.2) is 18.2 Å². The number of benzene rings is 1. The molecule has 1 aliphatic rings. The van der Waals surface area contributed by atoms with Gasteiger partial charge in [0.25, 0.3) is 5.69 Å². The fraction of sp³-hybridized carbons (Fsp3) is 0.625. The number of hydrogen-bond acceptors (Lipinski definition) is 3. The van der Waals surface area contributed by atoms with Crippen molar-refractivity contribution < 1.29 is 4.92 Å². The summed E-state index contributed by atoms with van der Waals surface area (Å²) < 4.78 is 0. The molecule has 0 heterocycles. The Hall–Kier alpha value is -1.42. The first-order valence-electron chi connectivity index (χ1n) is 7.13. The maximum Gasteiger partial charge on any atom is 0.272 e. The van der Waals surface area contributed by atoms with Crippen molar-refractivity contribution in [1.29, 1.82) is 0 Å². The Balaban J connectivity index is 1.96. The van der Waals surface area contributed by atoms with Crippen molar-refractivity contribution >= 4 is 5.69 Å². The highest BCUT2D eigenvalue weighted by atomic mass is 16.6. The molecule has 1 saturated carbocycles. The summed E-state index contributed by atoms with van der Waals surface area (Å²) in [4.78, 5) is 10.6. The molecule has 2 rings (SSSR count). The lowest BCUT2D eigenvalue weighted by Gasteiger charge is -2.09. The Morgan fingerprint density at radius 2 is 1.85 bits per heavy atom. The standard InChI is InChI=1S/C16H24N2O2/c1-11-12(7-6-8-13(11)18(19)20)9-17-10-14-15(2,3)16(14,4)5/h6-8,14,17H,9-10H2,1-5H3. The number of hydrogen-bond donors (Lipinski definition) is 1. The minimum absolute atomic E-state index is 0.205. The summed E-state index contributed by atoms with van der Waals surface area (Å²) in [6.07, 6.45) is 0. The van der Waals surface area contributed by atoms with Crippen molar-refractivity contribution in [2.45, 2.75) is 41.2 Å². The van der Waals surface area contributed by atoms with Gasteiger partial charge in [0.1, 0.15) is 0 Å². The molecule has 0 bridgehead atoms. The fourth-order valence-electron chi connectivity index (χ4n) is 3.25. The van der Waals surface area contributed by atoms with Gasteiger partial charge in [0, 0.05) is 18.2 Å². The largest absolute Gasteiger partial charge is 0.312 e. The topological polar surface area (TPSA) is 55.2 Å². The van der Waals surface area contributed by atoms with Crippen LogP contribution in [0.4, 0.5) is 5.69 Å². The molecule has 0 aromatic heterocycles. The normalized spacial score (nSPS) is 19.9. The summed E-state index contributed by atoms with van der Waals surface area (Å²) in [6.45, 7) is 12.7. The van der Waals surface area contributed by atoms with Crippen LogP contribution in [0.2, 0.25) is 0 Å². The lowest BCUT2D eigenvalue weighted by Crippen LogP contribution is -2.19. The summed E-state index contributed by atoms with van der Waals surface area (Å²) in [5.41, 5.74) is 2.72. The summed E-state index contributed by atoms with van der Waals surface area (Å²) in [6, 6.07) is 5.28. The van der Waals surface area contributed by atoms with Crippen molar-refractivity contribution in [3.05, 3.63) is 39.4 Å². The van der Waals surface area contributed by atoms with Crippen molar-refractivity contribution in [1.82, 2.24) is 5.32 Å². The van der Waals surface area contributed by atoms with E-state index in [0.29, 0.717) is 23.3 Å². The Labute approximate surface area is 120 Å². The van der Waals surface area contributed by atoms with Crippen LogP contribution in [0, 0.1) is 33.8 Å². The van der Waals surface area contributed by atoms with E-state index in [1.807, 2.05) is 13.0 Å². The van der Waals surface area contributed by atoms with Crippen LogP contribution in [0.5, 0.6) is 0 Å². The second kappa shape index (κ2) is 4.85. The van der Waals surface area contributed by atoms with Gasteiger partial charge in [-0.05, 0) is 35.8 Å². The summed E-state index contributed by atoms with van der Waals surface area (Å²) in [5.74, 6) is 0.661. The highest BCUT2D eigenvalue weighted by Gasteiger charge is 2.63. The SMILES string of the molecule is Cc1c(CNCC2C(C)(C)C2(C)C)cccc1[N+](=O)[O-]. The molecule has 4 nitrogen and oxygen atoms in total. The van der Waals surface area contributed by atoms with Gasteiger partial charge in [-0.2, -0.15) is 0 Å². The van der Waals surface area contributed by atoms with Gasteiger partial charge < -0.3 is 5.32 Å². The molecule has 0 amide bonds. The average molecular weight is 276 g/mol. The van der Waals surface area contributed by atoms with Gasteiger partial charge in [-0.3, -0.25) is 10.1 Å². The maximum absolute atomic E-state index is 10.9. The molecule has 20 heavy (non-hydrogen) atoms. The van der Waals surface area contributed by atoms with E-state index in [1.54, 1.807) is 12.1 Å². The molecular formula is C16H24N2O2. The van der Waals surface area contributed by atoms with Crippen LogP contribution >= 0.6 is 0 Å². The molecule has 1 N–H and O–H groups in total. The molecule has 1 fully saturated rings. The fourth-order valence-corrected chi connectivity index (χ4v) is 3.25. The van der Waals surface area contributed by atoms with E-state index < -0.39 is 0 Å². The number of nitro benzene ring substituents is 1. The summed E-state index contributed by atoms with van der Waals surface area (Å²) in [5, 5.41) is 14.4. The van der Waals surface area contributed by atoms with E-state index in [1.165, 1.54) is 0 Å². The van der Waals surface area contributed by atoms with Crippen LogP contribution in [0.1, 0.15) is 38.8 Å². The van der Waals surface area contributed by atoms with Crippen molar-refractivity contribution in [3.8, 4) is 0 Å². The van der Waals surface area contributed by atoms with Crippen molar-refractivity contribution in [2.75, 3.05) is 6.54 Å². The smallest absolute Gasteiger partial charge is 0.272 e. The molecule has 0 saturated heterocycles. The predicted molar refractivity (Wildman–Crippen MR) is 80.6 cm³/mol. The quantitative estimate of drug-likeness (QED) is 0.659. The van der Waals surface area contributed by atoms with Crippen LogP contribution in [-0.4, -0.2) is 11.5 Å². The Morgan fingerprint density at radius 3 is 2.35 bits per heavy atom. The lowest BCUT2D eigenvalue weighted by molar-refractivity contribution is -0.385. The molecule has 0 spiro atoms. The number of nitrogens with one attached hydrogen (secondary N) is 1. The molecule has 0 atom stereocenters. The molecule has 0 aliphatic heterocycles. The average Bonchev–Trinajstić information content (AvgIpc) is 2.73. The van der Waals surface area contributed by atoms with Gasteiger partial charge in [-0.15, -0.1) is 0 Å². The highest BCUT2D eigenvalue weighted by molar-refractivity contribution is 5.44. The third-order valence-corrected chi connectivity index (χ3v) is 5.60. The number of nitro groups is 1. The van der Waals surface area contributed by atoms with E-state index in [4.69, 9.17) is 0 Å². The Kier molecular flexibility index (Phi) is 3.63. The Bertz CT molecular complexity index is 521. The molecule has 1 aromatic carbocycles. The number of rotatable bonds is 5. The van der Waals surface area contributed by atoms with Crippen molar-refractivity contribution in [3.63, 3.8) is 0 Å². The highest BCUT2D eigenvalue weighted by Crippen LogP contribution is 2.67. The molecular weight excluding hydrogens is 252 g/mol. The second-order valence-corrected chi connectivity index (χ2v) is 6.95. The molecule has 110 valence electrons. The van der Waals surface area contributed by atoms with E-state index in [2.05, 4.69) is 33.0 Å². The van der Waals surface area contributed by atoms with Gasteiger partial charge in [0.2, 0.25) is 0 Å². The van der Waals surface area contributed by atoms with E-state index in [-0.39, 0.29) is 10.6 Å². The van der Waals surface area contributed by atoms with Crippen molar-refractivity contribution in [2.24, 2.45) is 16.7 Å². The zero-order chi connectivity index (χ0) is 15.1. The monoisotopic (exact) mass is 276 g/mol. The minimum Gasteiger partial charge on any atom is -0.312 e. The zero-order valence-electron chi connectivity index (χ0n) is 13.0.